The third-order valence-corrected chi connectivity index (χ3v) is 2.94. The van der Waals surface area contributed by atoms with E-state index in [-0.39, 0.29) is 0 Å². The molecule has 0 aliphatic rings. The highest BCUT2D eigenvalue weighted by atomic mass is 79.9. The molecule has 1 aromatic carbocycles. The van der Waals surface area contributed by atoms with Crippen molar-refractivity contribution in [2.24, 2.45) is 0 Å². The van der Waals surface area contributed by atoms with Crippen molar-refractivity contribution in [3.63, 3.8) is 0 Å². The van der Waals surface area contributed by atoms with Gasteiger partial charge in [0.15, 0.2) is 0 Å². The molecular formula is C13H17BrF3N. The van der Waals surface area contributed by atoms with E-state index in [1.807, 2.05) is 30.3 Å². The van der Waals surface area contributed by atoms with E-state index in [2.05, 4.69) is 15.9 Å². The van der Waals surface area contributed by atoms with Gasteiger partial charge in [0, 0.05) is 11.9 Å². The fourth-order valence-electron chi connectivity index (χ4n) is 1.79. The van der Waals surface area contributed by atoms with Gasteiger partial charge in [0.05, 0.1) is 6.54 Å². The van der Waals surface area contributed by atoms with Crippen molar-refractivity contribution in [3.8, 4) is 0 Å². The van der Waals surface area contributed by atoms with Crippen molar-refractivity contribution in [2.45, 2.75) is 19.0 Å². The Labute approximate surface area is 114 Å². The Morgan fingerprint density at radius 2 is 1.72 bits per heavy atom. The monoisotopic (exact) mass is 323 g/mol. The van der Waals surface area contributed by atoms with E-state index in [0.717, 1.165) is 12.8 Å². The van der Waals surface area contributed by atoms with E-state index in [9.17, 15) is 13.2 Å². The lowest BCUT2D eigenvalue weighted by Gasteiger charge is -2.22. The second-order valence-electron chi connectivity index (χ2n) is 4.17. The summed E-state index contributed by atoms with van der Waals surface area (Å²) >= 11 is 3.19. The number of nitrogens with zero attached hydrogens (tertiary/aromatic N) is 1. The molecule has 0 atom stereocenters. The van der Waals surface area contributed by atoms with Crippen molar-refractivity contribution in [3.05, 3.63) is 35.9 Å². The van der Waals surface area contributed by atoms with E-state index in [1.165, 1.54) is 10.5 Å². The van der Waals surface area contributed by atoms with Crippen LogP contribution in [0.1, 0.15) is 12.0 Å². The lowest BCUT2D eigenvalue weighted by Crippen LogP contribution is -2.36. The highest BCUT2D eigenvalue weighted by molar-refractivity contribution is 9.09. The molecular weight excluding hydrogens is 307 g/mol. The molecule has 0 amide bonds. The fraction of sp³-hybridized carbons (Fsp3) is 0.538. The van der Waals surface area contributed by atoms with Crippen LogP contribution in [0.25, 0.3) is 0 Å². The molecule has 0 N–H and O–H groups in total. The maximum absolute atomic E-state index is 12.3. The summed E-state index contributed by atoms with van der Waals surface area (Å²) < 4.78 is 37.0. The molecule has 0 radical (unpaired) electrons. The summed E-state index contributed by atoms with van der Waals surface area (Å²) in [4.78, 5) is 1.44. The molecule has 1 rings (SSSR count). The number of halogens is 4. The normalized spacial score (nSPS) is 12.1. The average Bonchev–Trinajstić information content (AvgIpc) is 2.28. The zero-order chi connectivity index (χ0) is 13.4. The Morgan fingerprint density at radius 3 is 2.28 bits per heavy atom. The van der Waals surface area contributed by atoms with Gasteiger partial charge in [-0.1, -0.05) is 46.3 Å². The Balaban J connectivity index is 2.33. The highest BCUT2D eigenvalue weighted by Gasteiger charge is 2.30. The minimum absolute atomic E-state index is 0.425. The van der Waals surface area contributed by atoms with Gasteiger partial charge in [0.1, 0.15) is 0 Å². The van der Waals surface area contributed by atoms with Crippen molar-refractivity contribution in [1.29, 1.82) is 0 Å². The van der Waals surface area contributed by atoms with Gasteiger partial charge < -0.3 is 0 Å². The average molecular weight is 324 g/mol. The van der Waals surface area contributed by atoms with Crippen LogP contribution in [0, 0.1) is 0 Å². The number of hydrogen-bond donors (Lipinski definition) is 0. The minimum Gasteiger partial charge on any atom is -0.294 e. The molecule has 1 nitrogen and oxygen atoms in total. The van der Waals surface area contributed by atoms with E-state index in [1.54, 1.807) is 0 Å². The summed E-state index contributed by atoms with van der Waals surface area (Å²) in [6.07, 6.45) is -2.56. The molecule has 18 heavy (non-hydrogen) atoms. The summed E-state index contributed by atoms with van der Waals surface area (Å²) in [6.45, 7) is 0.0711. The lowest BCUT2D eigenvalue weighted by molar-refractivity contribution is -0.145. The summed E-state index contributed by atoms with van der Waals surface area (Å²) in [5.41, 5.74) is 1.17. The fourth-order valence-corrected chi connectivity index (χ4v) is 2.30. The van der Waals surface area contributed by atoms with E-state index in [0.29, 0.717) is 18.4 Å². The molecule has 102 valence electrons. The predicted molar refractivity (Wildman–Crippen MR) is 71.1 cm³/mol. The summed E-state index contributed by atoms with van der Waals surface area (Å²) in [6, 6.07) is 9.82. The molecule has 0 spiro atoms. The van der Waals surface area contributed by atoms with Crippen LogP contribution in [0.4, 0.5) is 13.2 Å². The number of benzene rings is 1. The Bertz CT molecular complexity index is 327. The van der Waals surface area contributed by atoms with Crippen LogP contribution in [0.5, 0.6) is 0 Å². The number of aryl methyl sites for hydroxylation is 1. The Morgan fingerprint density at radius 1 is 1.06 bits per heavy atom. The molecule has 0 bridgehead atoms. The quantitative estimate of drug-likeness (QED) is 0.688. The molecule has 0 fully saturated rings. The van der Waals surface area contributed by atoms with Crippen molar-refractivity contribution in [2.75, 3.05) is 25.0 Å². The molecule has 0 heterocycles. The molecule has 0 aliphatic carbocycles. The van der Waals surface area contributed by atoms with E-state index in [4.69, 9.17) is 0 Å². The summed E-state index contributed by atoms with van der Waals surface area (Å²) in [5.74, 6) is 0. The number of rotatable bonds is 7. The van der Waals surface area contributed by atoms with Crippen LogP contribution < -0.4 is 0 Å². The van der Waals surface area contributed by atoms with Gasteiger partial charge >= 0.3 is 6.18 Å². The second kappa shape index (κ2) is 7.79. The summed E-state index contributed by atoms with van der Waals surface area (Å²) in [5, 5.41) is 0.564. The molecule has 0 saturated heterocycles. The van der Waals surface area contributed by atoms with Gasteiger partial charge in [-0.05, 0) is 24.9 Å². The minimum atomic E-state index is -4.12. The first-order valence-electron chi connectivity index (χ1n) is 5.90. The van der Waals surface area contributed by atoms with E-state index >= 15 is 0 Å². The number of hydrogen-bond acceptors (Lipinski definition) is 1. The van der Waals surface area contributed by atoms with Crippen molar-refractivity contribution in [1.82, 2.24) is 4.90 Å². The molecule has 0 saturated carbocycles. The van der Waals surface area contributed by atoms with Gasteiger partial charge in [-0.15, -0.1) is 0 Å². The van der Waals surface area contributed by atoms with Gasteiger partial charge in [-0.3, -0.25) is 4.90 Å². The number of alkyl halides is 4. The highest BCUT2D eigenvalue weighted by Crippen LogP contribution is 2.17. The van der Waals surface area contributed by atoms with Crippen LogP contribution in [-0.4, -0.2) is 36.0 Å². The first-order valence-corrected chi connectivity index (χ1v) is 7.02. The molecule has 0 aromatic heterocycles. The molecule has 0 unspecified atom stereocenters. The largest absolute Gasteiger partial charge is 0.401 e. The second-order valence-corrected chi connectivity index (χ2v) is 4.96. The van der Waals surface area contributed by atoms with Crippen LogP contribution in [0.3, 0.4) is 0 Å². The van der Waals surface area contributed by atoms with Gasteiger partial charge in [0.2, 0.25) is 0 Å². The van der Waals surface area contributed by atoms with Gasteiger partial charge in [0.25, 0.3) is 0 Å². The smallest absolute Gasteiger partial charge is 0.294 e. The Hall–Kier alpha value is -0.550. The third kappa shape index (κ3) is 7.01. The van der Waals surface area contributed by atoms with E-state index < -0.39 is 12.7 Å². The maximum Gasteiger partial charge on any atom is 0.401 e. The van der Waals surface area contributed by atoms with Gasteiger partial charge in [-0.25, -0.2) is 0 Å². The first-order chi connectivity index (χ1) is 8.51. The topological polar surface area (TPSA) is 3.24 Å². The lowest BCUT2D eigenvalue weighted by atomic mass is 10.1. The molecule has 5 heteroatoms. The van der Waals surface area contributed by atoms with Gasteiger partial charge in [-0.2, -0.15) is 13.2 Å². The van der Waals surface area contributed by atoms with Crippen LogP contribution >= 0.6 is 15.9 Å². The maximum atomic E-state index is 12.3. The standard InChI is InChI=1S/C13H17BrF3N/c14-8-10-18(11-13(15,16)17)9-4-7-12-5-2-1-3-6-12/h1-3,5-6H,4,7-11H2. The SMILES string of the molecule is FC(F)(F)CN(CCBr)CCCc1ccccc1. The molecule has 1 aromatic rings. The van der Waals surface area contributed by atoms with Crippen LogP contribution in [0.15, 0.2) is 30.3 Å². The first kappa shape index (κ1) is 15.5. The predicted octanol–water partition coefficient (Wildman–Crippen LogP) is 3.88. The summed E-state index contributed by atoms with van der Waals surface area (Å²) in [7, 11) is 0. The zero-order valence-electron chi connectivity index (χ0n) is 10.1. The van der Waals surface area contributed by atoms with Crippen molar-refractivity contribution < 1.29 is 13.2 Å². The van der Waals surface area contributed by atoms with Crippen molar-refractivity contribution >= 4 is 15.9 Å². The molecule has 0 aliphatic heterocycles. The van der Waals surface area contributed by atoms with Crippen LogP contribution in [-0.2, 0) is 6.42 Å². The van der Waals surface area contributed by atoms with Crippen LogP contribution in [0.2, 0.25) is 0 Å². The third-order valence-electron chi connectivity index (χ3n) is 2.59. The zero-order valence-corrected chi connectivity index (χ0v) is 11.7. The Kier molecular flexibility index (Phi) is 6.71.